The van der Waals surface area contributed by atoms with Crippen LogP contribution < -0.4 is 15.8 Å². The van der Waals surface area contributed by atoms with Crippen molar-refractivity contribution in [2.45, 2.75) is 25.8 Å². The Balaban J connectivity index is 1.67. The molecule has 4 nitrogen and oxygen atoms in total. The molecular formula is C15H18ClN3OS. The lowest BCUT2D eigenvalue weighted by Crippen LogP contribution is -2.09. The van der Waals surface area contributed by atoms with E-state index in [1.807, 2.05) is 24.3 Å². The van der Waals surface area contributed by atoms with Gasteiger partial charge in [-0.3, -0.25) is 0 Å². The van der Waals surface area contributed by atoms with Gasteiger partial charge in [0.15, 0.2) is 0 Å². The van der Waals surface area contributed by atoms with Gasteiger partial charge in [0.1, 0.15) is 5.82 Å². The number of thiophene rings is 1. The first-order chi connectivity index (χ1) is 10.1. The Kier molecular flexibility index (Phi) is 4.22. The lowest BCUT2D eigenvalue weighted by molar-refractivity contribution is 0.290. The predicted molar refractivity (Wildman–Crippen MR) is 88.2 cm³/mol. The van der Waals surface area contributed by atoms with E-state index in [0.717, 1.165) is 10.2 Å². The van der Waals surface area contributed by atoms with Crippen molar-refractivity contribution in [2.24, 2.45) is 5.92 Å². The van der Waals surface area contributed by atoms with Crippen LogP contribution in [0.15, 0.2) is 24.3 Å². The van der Waals surface area contributed by atoms with Crippen molar-refractivity contribution in [1.82, 2.24) is 4.98 Å². The van der Waals surface area contributed by atoms with Gasteiger partial charge in [-0.05, 0) is 49.9 Å². The van der Waals surface area contributed by atoms with Gasteiger partial charge in [-0.1, -0.05) is 11.6 Å². The first-order valence-electron chi connectivity index (χ1n) is 7.03. The molecule has 1 saturated carbocycles. The van der Waals surface area contributed by atoms with E-state index in [2.05, 4.69) is 17.2 Å². The van der Waals surface area contributed by atoms with Crippen molar-refractivity contribution < 1.29 is 4.74 Å². The van der Waals surface area contributed by atoms with Crippen LogP contribution in [-0.4, -0.2) is 11.6 Å². The normalized spacial score (nSPS) is 15.7. The molecule has 112 valence electrons. The summed E-state index contributed by atoms with van der Waals surface area (Å²) in [4.78, 5) is 5.62. The third kappa shape index (κ3) is 3.80. The van der Waals surface area contributed by atoms with Gasteiger partial charge in [-0.25, -0.2) is 0 Å². The quantitative estimate of drug-likeness (QED) is 0.830. The number of halogens is 1. The third-order valence-corrected chi connectivity index (χ3v) is 4.84. The lowest BCUT2D eigenvalue weighted by atomic mass is 10.2. The number of nitrogens with zero attached hydrogens (tertiary/aromatic N) is 1. The maximum atomic E-state index is 5.97. The summed E-state index contributed by atoms with van der Waals surface area (Å²) in [6.07, 6.45) is 2.49. The second kappa shape index (κ2) is 6.12. The molecule has 0 spiro atoms. The molecule has 1 aliphatic carbocycles. The predicted octanol–water partition coefficient (Wildman–Crippen LogP) is 4.34. The van der Waals surface area contributed by atoms with E-state index in [-0.39, 0.29) is 6.04 Å². The fraction of sp³-hybridized carbons (Fsp3) is 0.400. The fourth-order valence-electron chi connectivity index (χ4n) is 1.98. The largest absolute Gasteiger partial charge is 0.476 e. The average molecular weight is 324 g/mol. The number of ether oxygens (including phenoxy) is 1. The molecule has 0 aliphatic heterocycles. The molecule has 1 unspecified atom stereocenters. The molecule has 6 heteroatoms. The molecular weight excluding hydrogens is 306 g/mol. The SMILES string of the molecule is CC(Nc1ccc(N)c(OCC2CC2)n1)c1ccc(Cl)s1. The zero-order chi connectivity index (χ0) is 14.8. The Labute approximate surface area is 133 Å². The van der Waals surface area contributed by atoms with E-state index >= 15 is 0 Å². The minimum atomic E-state index is 0.134. The summed E-state index contributed by atoms with van der Waals surface area (Å²) in [5.74, 6) is 1.95. The van der Waals surface area contributed by atoms with E-state index < -0.39 is 0 Å². The van der Waals surface area contributed by atoms with Gasteiger partial charge in [0.2, 0.25) is 5.88 Å². The Morgan fingerprint density at radius 2 is 2.24 bits per heavy atom. The Hall–Kier alpha value is -1.46. The molecule has 0 saturated heterocycles. The maximum absolute atomic E-state index is 5.97. The highest BCUT2D eigenvalue weighted by molar-refractivity contribution is 7.16. The molecule has 1 aliphatic rings. The van der Waals surface area contributed by atoms with Gasteiger partial charge in [0.05, 0.1) is 22.7 Å². The van der Waals surface area contributed by atoms with Crippen molar-refractivity contribution in [1.29, 1.82) is 0 Å². The first-order valence-corrected chi connectivity index (χ1v) is 8.22. The zero-order valence-electron chi connectivity index (χ0n) is 11.8. The minimum absolute atomic E-state index is 0.134. The van der Waals surface area contributed by atoms with Crippen LogP contribution in [0.5, 0.6) is 5.88 Å². The Morgan fingerprint density at radius 1 is 1.43 bits per heavy atom. The number of nitrogens with one attached hydrogen (secondary N) is 1. The molecule has 2 aromatic rings. The van der Waals surface area contributed by atoms with Gasteiger partial charge in [-0.2, -0.15) is 4.98 Å². The van der Waals surface area contributed by atoms with Gasteiger partial charge >= 0.3 is 0 Å². The van der Waals surface area contributed by atoms with Crippen LogP contribution in [-0.2, 0) is 0 Å². The standard InChI is InChI=1S/C15H18ClN3OS/c1-9(12-5-6-13(16)21-12)18-14-7-4-11(17)15(19-14)20-8-10-2-3-10/h4-7,9-10H,2-3,8,17H2,1H3,(H,18,19). The topological polar surface area (TPSA) is 60.2 Å². The number of nitrogen functional groups attached to an aromatic ring is 1. The molecule has 1 fully saturated rings. The van der Waals surface area contributed by atoms with Crippen LogP contribution in [0.25, 0.3) is 0 Å². The van der Waals surface area contributed by atoms with Crippen LogP contribution in [0, 0.1) is 5.92 Å². The number of pyridine rings is 1. The van der Waals surface area contributed by atoms with E-state index in [1.165, 1.54) is 17.7 Å². The summed E-state index contributed by atoms with van der Waals surface area (Å²) in [5.41, 5.74) is 6.49. The second-order valence-corrected chi connectivity index (χ2v) is 7.10. The number of hydrogen-bond donors (Lipinski definition) is 2. The molecule has 3 N–H and O–H groups in total. The first kappa shape index (κ1) is 14.5. The van der Waals surface area contributed by atoms with Crippen molar-refractivity contribution in [3.63, 3.8) is 0 Å². The van der Waals surface area contributed by atoms with Gasteiger partial charge in [0, 0.05) is 4.88 Å². The number of rotatable bonds is 6. The molecule has 2 heterocycles. The van der Waals surface area contributed by atoms with E-state index in [0.29, 0.717) is 24.1 Å². The summed E-state index contributed by atoms with van der Waals surface area (Å²) in [5, 5.41) is 3.35. The molecule has 0 amide bonds. The van der Waals surface area contributed by atoms with Gasteiger partial charge in [-0.15, -0.1) is 11.3 Å². The number of aromatic nitrogens is 1. The highest BCUT2D eigenvalue weighted by Gasteiger charge is 2.22. The fourth-order valence-corrected chi connectivity index (χ4v) is 3.05. The van der Waals surface area contributed by atoms with E-state index in [9.17, 15) is 0 Å². The molecule has 3 rings (SSSR count). The van der Waals surface area contributed by atoms with Crippen LogP contribution in [0.1, 0.15) is 30.7 Å². The van der Waals surface area contributed by atoms with Crippen molar-refractivity contribution in [3.05, 3.63) is 33.5 Å². The van der Waals surface area contributed by atoms with Crippen molar-refractivity contribution in [3.8, 4) is 5.88 Å². The second-order valence-electron chi connectivity index (χ2n) is 5.35. The number of anilines is 2. The molecule has 0 aromatic carbocycles. The van der Waals surface area contributed by atoms with E-state index in [4.69, 9.17) is 22.1 Å². The third-order valence-electron chi connectivity index (χ3n) is 3.43. The summed E-state index contributed by atoms with van der Waals surface area (Å²) < 4.78 is 6.49. The molecule has 1 atom stereocenters. The summed E-state index contributed by atoms with van der Waals surface area (Å²) in [6.45, 7) is 2.78. The summed E-state index contributed by atoms with van der Waals surface area (Å²) in [6, 6.07) is 7.75. The number of hydrogen-bond acceptors (Lipinski definition) is 5. The Bertz CT molecular complexity index is 627. The molecule has 21 heavy (non-hydrogen) atoms. The molecule has 0 radical (unpaired) electrons. The summed E-state index contributed by atoms with van der Waals surface area (Å²) >= 11 is 7.53. The minimum Gasteiger partial charge on any atom is -0.476 e. The van der Waals surface area contributed by atoms with Crippen molar-refractivity contribution in [2.75, 3.05) is 17.7 Å². The number of nitrogens with two attached hydrogens (primary N) is 1. The lowest BCUT2D eigenvalue weighted by Gasteiger charge is -2.14. The van der Waals surface area contributed by atoms with Crippen LogP contribution >= 0.6 is 22.9 Å². The smallest absolute Gasteiger partial charge is 0.239 e. The van der Waals surface area contributed by atoms with Crippen LogP contribution in [0.4, 0.5) is 11.5 Å². The zero-order valence-corrected chi connectivity index (χ0v) is 13.4. The monoisotopic (exact) mass is 323 g/mol. The summed E-state index contributed by atoms with van der Waals surface area (Å²) in [7, 11) is 0. The average Bonchev–Trinajstić information content (AvgIpc) is 3.19. The highest BCUT2D eigenvalue weighted by Crippen LogP contribution is 2.32. The van der Waals surface area contributed by atoms with Crippen LogP contribution in [0.2, 0.25) is 4.34 Å². The van der Waals surface area contributed by atoms with Gasteiger partial charge < -0.3 is 15.8 Å². The van der Waals surface area contributed by atoms with Crippen molar-refractivity contribution >= 4 is 34.4 Å². The maximum Gasteiger partial charge on any atom is 0.239 e. The van der Waals surface area contributed by atoms with Gasteiger partial charge in [0.25, 0.3) is 0 Å². The molecule has 0 bridgehead atoms. The molecule has 2 aromatic heterocycles. The van der Waals surface area contributed by atoms with E-state index in [1.54, 1.807) is 11.3 Å². The Morgan fingerprint density at radius 3 is 2.90 bits per heavy atom. The van der Waals surface area contributed by atoms with Crippen LogP contribution in [0.3, 0.4) is 0 Å². The highest BCUT2D eigenvalue weighted by atomic mass is 35.5.